The number of rotatable bonds is 7. The maximum Gasteiger partial charge on any atom is 0.354 e. The molecule has 0 aliphatic heterocycles. The van der Waals surface area contributed by atoms with Crippen molar-refractivity contribution >= 4 is 48.7 Å². The fraction of sp³-hybridized carbons (Fsp3) is 0. The summed E-state index contributed by atoms with van der Waals surface area (Å²) in [6, 6.07) is 33.7. The molecule has 44 heavy (non-hydrogen) atoms. The third-order valence-electron chi connectivity index (χ3n) is 5.61. The van der Waals surface area contributed by atoms with Crippen LogP contribution < -0.4 is 0 Å². The molecular formula is C31H20ClF8OPS2. The summed E-state index contributed by atoms with van der Waals surface area (Å²) in [7, 11) is -10.7. The minimum atomic E-state index is -10.7. The second kappa shape index (κ2) is 12.6. The minimum Gasteiger partial charge on any atom is -0.273 e. The third kappa shape index (κ3) is 11.3. The smallest absolute Gasteiger partial charge is 0.273 e. The summed E-state index contributed by atoms with van der Waals surface area (Å²) >= 11 is 9.10. The Hall–Kier alpha value is -3.37. The molecule has 0 unspecified atom stereocenters. The first-order chi connectivity index (χ1) is 20.4. The van der Waals surface area contributed by atoms with Crippen LogP contribution in [0.1, 0.15) is 11.1 Å². The zero-order valence-corrected chi connectivity index (χ0v) is 25.4. The molecule has 0 atom stereocenters. The topological polar surface area (TPSA) is 21.4 Å². The second-order valence-electron chi connectivity index (χ2n) is 9.16. The number of hydrogen-bond donors (Lipinski definition) is 0. The van der Waals surface area contributed by atoms with Gasteiger partial charge in [-0.05, 0) is 108 Å². The molecule has 0 fully saturated rings. The van der Waals surface area contributed by atoms with Crippen LogP contribution in [0.5, 0.6) is 0 Å². The van der Waals surface area contributed by atoms with Crippen LogP contribution in [0.4, 0.5) is 34.0 Å². The van der Waals surface area contributed by atoms with Gasteiger partial charge in [0.15, 0.2) is 0 Å². The Morgan fingerprint density at radius 1 is 0.568 bits per heavy atom. The monoisotopic (exact) mass is 690 g/mol. The molecule has 0 aromatic heterocycles. The summed E-state index contributed by atoms with van der Waals surface area (Å²) in [5.74, 6) is -0.426. The maximum atomic E-state index is 14.1. The second-order valence-corrected chi connectivity index (χ2v) is 13.8. The van der Waals surface area contributed by atoms with Gasteiger partial charge in [0.05, 0.1) is 11.1 Å². The molecule has 230 valence electrons. The van der Waals surface area contributed by atoms with E-state index in [0.717, 1.165) is 30.7 Å². The Morgan fingerprint density at radius 2 is 1.07 bits per heavy atom. The van der Waals surface area contributed by atoms with E-state index < -0.39 is 7.81 Å². The fourth-order valence-corrected chi connectivity index (χ4v) is 5.72. The molecule has 0 bridgehead atoms. The molecule has 0 saturated carbocycles. The van der Waals surface area contributed by atoms with E-state index in [0.29, 0.717) is 16.1 Å². The number of ketones is 1. The van der Waals surface area contributed by atoms with Gasteiger partial charge in [-0.25, -0.2) is 8.78 Å². The van der Waals surface area contributed by atoms with Gasteiger partial charge in [0, 0.05) is 24.6 Å². The Bertz CT molecular complexity index is 1770. The van der Waals surface area contributed by atoms with Crippen molar-refractivity contribution in [3.63, 3.8) is 0 Å². The van der Waals surface area contributed by atoms with Crippen molar-refractivity contribution in [1.29, 1.82) is 0 Å². The van der Waals surface area contributed by atoms with Gasteiger partial charge in [0.2, 0.25) is 0 Å². The van der Waals surface area contributed by atoms with Gasteiger partial charge in [-0.3, -0.25) is 4.79 Å². The van der Waals surface area contributed by atoms with Crippen molar-refractivity contribution in [1.82, 2.24) is 0 Å². The van der Waals surface area contributed by atoms with E-state index in [2.05, 4.69) is 0 Å². The van der Waals surface area contributed by atoms with Gasteiger partial charge in [-0.15, -0.1) is 0 Å². The Morgan fingerprint density at radius 3 is 1.64 bits per heavy atom. The number of hydrogen-bond acceptors (Lipinski definition) is 2. The van der Waals surface area contributed by atoms with Crippen molar-refractivity contribution in [2.24, 2.45) is 0 Å². The fourth-order valence-electron chi connectivity index (χ4n) is 3.77. The minimum absolute atomic E-state index is 0.174. The molecule has 5 aromatic rings. The van der Waals surface area contributed by atoms with E-state index in [1.165, 1.54) is 36.0 Å². The summed E-state index contributed by atoms with van der Waals surface area (Å²) in [6.07, 6.45) is 0. The van der Waals surface area contributed by atoms with E-state index in [1.807, 2.05) is 54.6 Å². The van der Waals surface area contributed by atoms with E-state index in [1.54, 1.807) is 48.2 Å². The average Bonchev–Trinajstić information content (AvgIpc) is 2.94. The summed E-state index contributed by atoms with van der Waals surface area (Å²) in [5, 5.41) is 0.569. The quantitative estimate of drug-likeness (QED) is 0.0734. The molecule has 0 aliphatic rings. The van der Waals surface area contributed by atoms with Gasteiger partial charge >= 0.3 is 38.8 Å². The molecule has 1 N–H and O–H groups in total. The summed E-state index contributed by atoms with van der Waals surface area (Å²) in [5.41, 5.74) is 3.05. The zero-order valence-electron chi connectivity index (χ0n) is 22.1. The maximum absolute atomic E-state index is 14.1. The van der Waals surface area contributed by atoms with E-state index in [9.17, 15) is 38.8 Å². The Kier molecular flexibility index (Phi) is 9.57. The van der Waals surface area contributed by atoms with Crippen LogP contribution in [-0.2, 0) is 0 Å². The van der Waals surface area contributed by atoms with Crippen LogP contribution >= 0.6 is 42.9 Å². The molecule has 0 radical (unpaired) electrons. The molecule has 5 rings (SSSR count). The van der Waals surface area contributed by atoms with Crippen molar-refractivity contribution in [2.75, 3.05) is 0 Å². The van der Waals surface area contributed by atoms with Gasteiger partial charge in [-0.2, -0.15) is 0 Å². The predicted octanol–water partition coefficient (Wildman–Crippen LogP) is 12.9. The molecule has 13 heteroatoms. The van der Waals surface area contributed by atoms with Gasteiger partial charge in [0.1, 0.15) is 11.6 Å². The van der Waals surface area contributed by atoms with E-state index in [4.69, 9.17) is 11.6 Å². The van der Waals surface area contributed by atoms with Gasteiger partial charge in [-0.1, -0.05) is 53.3 Å². The normalized spacial score (nSPS) is 12.8. The van der Waals surface area contributed by atoms with Crippen LogP contribution in [0.25, 0.3) is 11.1 Å². The third-order valence-corrected chi connectivity index (χ3v) is 7.94. The SMILES string of the molecule is F[P-](F)(F)(F)(F)F.[OH+]=C(c1ccc(Sc2ccc(-c3cc(F)ccc3Sc3ccc(F)cc3)cc2)cc1)c1cccc(Cl)c1. The largest absolute Gasteiger partial charge is 0.354 e. The molecular weight excluding hydrogens is 671 g/mol. The molecule has 1 nitrogen and oxygen atoms in total. The standard InChI is InChI=1S/C31H19ClF2OS2.F6P/c32-23-3-1-2-22(18-23)31(35)21-6-13-27(14-7-21)36-26-11-4-20(5-12-26)29-19-25(34)10-17-30(29)37-28-15-8-24(33)9-16-28;1-7(2,3,4,5)6/h1-19H;/q;-1/p+1. The van der Waals surface area contributed by atoms with Crippen LogP contribution in [0.3, 0.4) is 0 Å². The van der Waals surface area contributed by atoms with Crippen LogP contribution in [0.15, 0.2) is 135 Å². The molecule has 0 spiro atoms. The molecule has 5 aromatic carbocycles. The average molecular weight is 691 g/mol. The first kappa shape index (κ1) is 33.5. The molecule has 0 saturated heterocycles. The first-order valence-electron chi connectivity index (χ1n) is 12.4. The van der Waals surface area contributed by atoms with Crippen LogP contribution in [0.2, 0.25) is 5.02 Å². The molecule has 0 amide bonds. The zero-order chi connectivity index (χ0) is 32.2. The van der Waals surface area contributed by atoms with Crippen LogP contribution in [-0.4, -0.2) is 10.6 Å². The summed E-state index contributed by atoms with van der Waals surface area (Å²) in [6.45, 7) is 0. The van der Waals surface area contributed by atoms with Gasteiger partial charge in [0.25, 0.3) is 0 Å². The number of halogens is 9. The van der Waals surface area contributed by atoms with Gasteiger partial charge < -0.3 is 0 Å². The number of carbonyl (C=O) groups excluding carboxylic acids is 1. The summed E-state index contributed by atoms with van der Waals surface area (Å²) < 4.78 is 86.6. The predicted molar refractivity (Wildman–Crippen MR) is 163 cm³/mol. The Labute approximate surface area is 260 Å². The van der Waals surface area contributed by atoms with Crippen molar-refractivity contribution in [3.8, 4) is 11.1 Å². The van der Waals surface area contributed by atoms with Crippen molar-refractivity contribution in [3.05, 3.63) is 143 Å². The molecule has 0 aliphatic carbocycles. The van der Waals surface area contributed by atoms with Crippen molar-refractivity contribution < 1.29 is 38.8 Å². The summed E-state index contributed by atoms with van der Waals surface area (Å²) in [4.78, 5) is 14.4. The van der Waals surface area contributed by atoms with E-state index >= 15 is 0 Å². The van der Waals surface area contributed by atoms with Crippen molar-refractivity contribution in [2.45, 2.75) is 19.6 Å². The first-order valence-corrected chi connectivity index (χ1v) is 16.4. The van der Waals surface area contributed by atoms with E-state index in [-0.39, 0.29) is 17.4 Å². The number of benzene rings is 5. The molecule has 0 heterocycles. The van der Waals surface area contributed by atoms with Crippen LogP contribution in [0, 0.1) is 11.6 Å². The Balaban J connectivity index is 0.000000566.